The first-order valence-electron chi connectivity index (χ1n) is 7.13. The Morgan fingerprint density at radius 1 is 1.48 bits per heavy atom. The summed E-state index contributed by atoms with van der Waals surface area (Å²) in [5.41, 5.74) is 1.79. The van der Waals surface area contributed by atoms with Gasteiger partial charge in [-0.15, -0.1) is 0 Å². The van der Waals surface area contributed by atoms with Crippen LogP contribution < -0.4 is 0 Å². The molecule has 1 aliphatic rings. The van der Waals surface area contributed by atoms with Crippen LogP contribution in [0.15, 0.2) is 24.3 Å². The molecule has 0 aliphatic carbocycles. The smallest absolute Gasteiger partial charge is 0.214 e. The van der Waals surface area contributed by atoms with Crippen molar-refractivity contribution in [2.45, 2.75) is 26.3 Å². The van der Waals surface area contributed by atoms with Gasteiger partial charge in [-0.25, -0.2) is 8.42 Å². The minimum Gasteiger partial charge on any atom is -0.395 e. The molecule has 0 bridgehead atoms. The molecule has 2 unspecified atom stereocenters. The van der Waals surface area contributed by atoms with Crippen molar-refractivity contribution in [1.29, 1.82) is 0 Å². The number of sulfonamides is 1. The highest BCUT2D eigenvalue weighted by Crippen LogP contribution is 2.30. The van der Waals surface area contributed by atoms with Gasteiger partial charge in [0.15, 0.2) is 0 Å². The van der Waals surface area contributed by atoms with Gasteiger partial charge >= 0.3 is 0 Å². The van der Waals surface area contributed by atoms with E-state index in [9.17, 15) is 8.42 Å². The Balaban J connectivity index is 2.22. The summed E-state index contributed by atoms with van der Waals surface area (Å²) in [6.45, 7) is 4.49. The summed E-state index contributed by atoms with van der Waals surface area (Å²) >= 11 is 0. The number of rotatable bonds is 3. The van der Waals surface area contributed by atoms with E-state index in [1.807, 2.05) is 38.1 Å². The van der Waals surface area contributed by atoms with Gasteiger partial charge in [-0.3, -0.25) is 0 Å². The molecule has 5 heteroatoms. The summed E-state index contributed by atoms with van der Waals surface area (Å²) in [7, 11) is -3.15. The quantitative estimate of drug-likeness (QED) is 0.866. The number of benzene rings is 1. The summed E-state index contributed by atoms with van der Waals surface area (Å²) in [6, 6.07) is 7.45. The lowest BCUT2D eigenvalue weighted by molar-refractivity contribution is 0.305. The summed E-state index contributed by atoms with van der Waals surface area (Å²) in [5, 5.41) is 8.74. The van der Waals surface area contributed by atoms with E-state index < -0.39 is 10.0 Å². The Morgan fingerprint density at radius 3 is 2.86 bits per heavy atom. The van der Waals surface area contributed by atoms with Crippen molar-refractivity contribution in [3.63, 3.8) is 0 Å². The molecule has 0 saturated carbocycles. The molecule has 1 fully saturated rings. The van der Waals surface area contributed by atoms with Crippen molar-refractivity contribution in [2.75, 3.05) is 18.9 Å². The van der Waals surface area contributed by atoms with Gasteiger partial charge in [0.1, 0.15) is 0 Å². The zero-order valence-electron chi connectivity index (χ0n) is 12.4. The van der Waals surface area contributed by atoms with Gasteiger partial charge in [-0.05, 0) is 30.5 Å². The third-order valence-electron chi connectivity index (χ3n) is 3.61. The van der Waals surface area contributed by atoms with Crippen LogP contribution in [0.4, 0.5) is 0 Å². The molecule has 1 heterocycles. The third kappa shape index (κ3) is 3.85. The van der Waals surface area contributed by atoms with Gasteiger partial charge in [0.2, 0.25) is 10.0 Å². The number of aliphatic hydroxyl groups is 1. The maximum atomic E-state index is 12.2. The molecule has 1 saturated heterocycles. The molecule has 1 aromatic carbocycles. The minimum absolute atomic E-state index is 0.0486. The molecular weight excluding hydrogens is 286 g/mol. The Bertz CT molecular complexity index is 658. The van der Waals surface area contributed by atoms with Crippen LogP contribution in [0.25, 0.3) is 0 Å². The standard InChI is InChI=1S/C16H21NO3S/c1-13-11-17(21(19,20)12-13)14(2)16-8-5-7-15(10-16)6-3-4-9-18/h5,7-8,10,13-14,18H,4,9,11-12H2,1-2H3. The van der Waals surface area contributed by atoms with Crippen molar-refractivity contribution in [2.24, 2.45) is 5.92 Å². The maximum absolute atomic E-state index is 12.2. The summed E-state index contributed by atoms with van der Waals surface area (Å²) in [6.07, 6.45) is 0.442. The number of aliphatic hydroxyl groups excluding tert-OH is 1. The zero-order chi connectivity index (χ0) is 15.5. The van der Waals surface area contributed by atoms with Gasteiger partial charge in [-0.1, -0.05) is 30.9 Å². The number of nitrogens with zero attached hydrogens (tertiary/aromatic N) is 1. The average Bonchev–Trinajstić information content (AvgIpc) is 2.71. The fourth-order valence-electron chi connectivity index (χ4n) is 2.59. The Labute approximate surface area is 126 Å². The van der Waals surface area contributed by atoms with Gasteiger partial charge in [0.25, 0.3) is 0 Å². The Hall–Kier alpha value is -1.35. The van der Waals surface area contributed by atoms with Gasteiger partial charge in [0, 0.05) is 24.6 Å². The van der Waals surface area contributed by atoms with Gasteiger partial charge in [0.05, 0.1) is 12.4 Å². The third-order valence-corrected chi connectivity index (χ3v) is 5.78. The second-order valence-corrected chi connectivity index (χ2v) is 7.50. The highest BCUT2D eigenvalue weighted by atomic mass is 32.2. The normalized spacial score (nSPS) is 22.5. The first-order valence-corrected chi connectivity index (χ1v) is 8.74. The molecule has 1 N–H and O–H groups in total. The van der Waals surface area contributed by atoms with Crippen molar-refractivity contribution < 1.29 is 13.5 Å². The lowest BCUT2D eigenvalue weighted by Gasteiger charge is -2.23. The molecule has 0 radical (unpaired) electrons. The summed E-state index contributed by atoms with van der Waals surface area (Å²) < 4.78 is 25.9. The topological polar surface area (TPSA) is 57.6 Å². The van der Waals surface area contributed by atoms with Crippen molar-refractivity contribution in [3.8, 4) is 11.8 Å². The number of hydrogen-bond donors (Lipinski definition) is 1. The highest BCUT2D eigenvalue weighted by Gasteiger charge is 2.37. The van der Waals surface area contributed by atoms with Crippen LogP contribution in [0.1, 0.15) is 37.4 Å². The maximum Gasteiger partial charge on any atom is 0.214 e. The van der Waals surface area contributed by atoms with Crippen LogP contribution in [-0.2, 0) is 10.0 Å². The largest absolute Gasteiger partial charge is 0.395 e. The Morgan fingerprint density at radius 2 is 2.24 bits per heavy atom. The van der Waals surface area contributed by atoms with Crippen LogP contribution >= 0.6 is 0 Å². The monoisotopic (exact) mass is 307 g/mol. The number of hydrogen-bond acceptors (Lipinski definition) is 3. The van der Waals surface area contributed by atoms with Crippen LogP contribution in [0.2, 0.25) is 0 Å². The van der Waals surface area contributed by atoms with E-state index in [1.54, 1.807) is 4.31 Å². The van der Waals surface area contributed by atoms with Crippen LogP contribution in [-0.4, -0.2) is 36.7 Å². The van der Waals surface area contributed by atoms with Gasteiger partial charge < -0.3 is 5.11 Å². The summed E-state index contributed by atoms with van der Waals surface area (Å²) in [4.78, 5) is 0. The molecule has 114 valence electrons. The van der Waals surface area contributed by atoms with E-state index in [4.69, 9.17) is 5.11 Å². The van der Waals surface area contributed by atoms with E-state index in [1.165, 1.54) is 0 Å². The predicted molar refractivity (Wildman–Crippen MR) is 83.1 cm³/mol. The molecule has 1 aliphatic heterocycles. The average molecular weight is 307 g/mol. The first kappa shape index (κ1) is 16.0. The molecule has 1 aromatic rings. The predicted octanol–water partition coefficient (Wildman–Crippen LogP) is 1.76. The minimum atomic E-state index is -3.15. The van der Waals surface area contributed by atoms with E-state index >= 15 is 0 Å². The van der Waals surface area contributed by atoms with E-state index in [2.05, 4.69) is 11.8 Å². The van der Waals surface area contributed by atoms with Crippen molar-refractivity contribution in [1.82, 2.24) is 4.31 Å². The second-order valence-electron chi connectivity index (χ2n) is 5.53. The fourth-order valence-corrected chi connectivity index (χ4v) is 4.69. The van der Waals surface area contributed by atoms with Crippen molar-refractivity contribution >= 4 is 10.0 Å². The van der Waals surface area contributed by atoms with Crippen LogP contribution in [0.5, 0.6) is 0 Å². The van der Waals surface area contributed by atoms with E-state index in [0.29, 0.717) is 13.0 Å². The molecule has 2 rings (SSSR count). The van der Waals surface area contributed by atoms with Crippen LogP contribution in [0, 0.1) is 17.8 Å². The molecule has 0 aromatic heterocycles. The second kappa shape index (κ2) is 6.61. The summed E-state index contributed by atoms with van der Waals surface area (Å²) in [5.74, 6) is 6.26. The zero-order valence-corrected chi connectivity index (χ0v) is 13.2. The molecule has 21 heavy (non-hydrogen) atoms. The Kier molecular flexibility index (Phi) is 5.04. The lowest BCUT2D eigenvalue weighted by atomic mass is 10.0. The van der Waals surface area contributed by atoms with Crippen LogP contribution in [0.3, 0.4) is 0 Å². The molecule has 0 spiro atoms. The molecule has 4 nitrogen and oxygen atoms in total. The van der Waals surface area contributed by atoms with Crippen molar-refractivity contribution in [3.05, 3.63) is 35.4 Å². The molecule has 2 atom stereocenters. The molecular formula is C16H21NO3S. The van der Waals surface area contributed by atoms with E-state index in [-0.39, 0.29) is 24.3 Å². The fraction of sp³-hybridized carbons (Fsp3) is 0.500. The highest BCUT2D eigenvalue weighted by molar-refractivity contribution is 7.89. The molecule has 0 amide bonds. The lowest BCUT2D eigenvalue weighted by Crippen LogP contribution is -2.29. The first-order chi connectivity index (χ1) is 9.94. The van der Waals surface area contributed by atoms with E-state index in [0.717, 1.165) is 11.1 Å². The van der Waals surface area contributed by atoms with Gasteiger partial charge in [-0.2, -0.15) is 4.31 Å². The SMILES string of the molecule is CC1CN(C(C)c2cccc(C#CCCO)c2)S(=O)(=O)C1.